The van der Waals surface area contributed by atoms with E-state index in [1.165, 1.54) is 0 Å². The first-order valence-electron chi connectivity index (χ1n) is 4.55. The Balaban J connectivity index is 2.39. The molecule has 0 saturated carbocycles. The molecule has 14 heavy (non-hydrogen) atoms. The average molecular weight is 233 g/mol. The molecule has 1 aliphatic heterocycles. The average Bonchev–Trinajstić information content (AvgIpc) is 2.58. The van der Waals surface area contributed by atoms with Crippen LogP contribution in [0, 0.1) is 0 Å². The van der Waals surface area contributed by atoms with Gasteiger partial charge in [-0.25, -0.2) is 0 Å². The van der Waals surface area contributed by atoms with Gasteiger partial charge in [-0.05, 0) is 6.42 Å². The van der Waals surface area contributed by atoms with Gasteiger partial charge in [0, 0.05) is 18.1 Å². The van der Waals surface area contributed by atoms with Crippen molar-refractivity contribution in [2.45, 2.75) is 24.2 Å². The van der Waals surface area contributed by atoms with Gasteiger partial charge in [0.2, 0.25) is 0 Å². The normalized spacial score (nSPS) is 32.4. The van der Waals surface area contributed by atoms with Gasteiger partial charge in [0.15, 0.2) is 0 Å². The summed E-state index contributed by atoms with van der Waals surface area (Å²) in [5.74, 6) is 0.702. The van der Waals surface area contributed by atoms with Gasteiger partial charge in [0.1, 0.15) is 5.60 Å². The van der Waals surface area contributed by atoms with Crippen LogP contribution in [-0.4, -0.2) is 25.9 Å². The van der Waals surface area contributed by atoms with E-state index in [4.69, 9.17) is 11.6 Å². The quantitative estimate of drug-likeness (QED) is 0.802. The lowest BCUT2D eigenvalue weighted by Crippen LogP contribution is -2.29. The lowest BCUT2D eigenvalue weighted by atomic mass is 9.96. The number of halogens is 1. The van der Waals surface area contributed by atoms with Gasteiger partial charge in [0.25, 0.3) is 0 Å². The maximum atomic E-state index is 10.4. The molecule has 0 bridgehead atoms. The molecule has 1 aromatic rings. The number of aliphatic hydroxyl groups is 1. The Bertz CT molecular complexity index is 335. The molecule has 0 amide bonds. The topological polar surface area (TPSA) is 38.1 Å². The smallest absolute Gasteiger partial charge is 0.118 e. The summed E-state index contributed by atoms with van der Waals surface area (Å²) in [7, 11) is 1.81. The minimum atomic E-state index is -0.799. The van der Waals surface area contributed by atoms with Gasteiger partial charge < -0.3 is 5.11 Å². The molecule has 1 saturated heterocycles. The van der Waals surface area contributed by atoms with E-state index in [9.17, 15) is 5.11 Å². The minimum Gasteiger partial charge on any atom is -0.383 e. The lowest BCUT2D eigenvalue weighted by molar-refractivity contribution is 0.0527. The number of hydrogen-bond donors (Lipinski definition) is 1. The molecule has 1 aliphatic rings. The zero-order valence-corrected chi connectivity index (χ0v) is 9.77. The molecule has 1 fully saturated rings. The Labute approximate surface area is 92.4 Å². The maximum absolute atomic E-state index is 10.4. The van der Waals surface area contributed by atoms with Crippen LogP contribution in [-0.2, 0) is 12.6 Å². The Morgan fingerprint density at radius 2 is 2.50 bits per heavy atom. The fourth-order valence-electron chi connectivity index (χ4n) is 1.97. The van der Waals surface area contributed by atoms with E-state index in [0.717, 1.165) is 12.1 Å². The standard InChI is InChI=1S/C9H13ClN2OS/c1-6-3-9(13,5-14-6)8-7(10)4-11-12(8)2/h4,6,13H,3,5H2,1-2H3. The minimum absolute atomic E-state index is 0.478. The summed E-state index contributed by atoms with van der Waals surface area (Å²) in [6.07, 6.45) is 2.33. The molecule has 1 N–H and O–H groups in total. The van der Waals surface area contributed by atoms with Gasteiger partial charge >= 0.3 is 0 Å². The first kappa shape index (κ1) is 10.3. The highest BCUT2D eigenvalue weighted by atomic mass is 35.5. The zero-order valence-electron chi connectivity index (χ0n) is 8.20. The monoisotopic (exact) mass is 232 g/mol. The van der Waals surface area contributed by atoms with Crippen LogP contribution in [0.25, 0.3) is 0 Å². The summed E-state index contributed by atoms with van der Waals surface area (Å²) in [4.78, 5) is 0. The molecule has 2 atom stereocenters. The van der Waals surface area contributed by atoms with Gasteiger partial charge in [-0.1, -0.05) is 18.5 Å². The number of nitrogens with zero attached hydrogens (tertiary/aromatic N) is 2. The van der Waals surface area contributed by atoms with E-state index in [1.807, 2.05) is 7.05 Å². The lowest BCUT2D eigenvalue weighted by Gasteiger charge is -2.22. The van der Waals surface area contributed by atoms with Crippen molar-refractivity contribution < 1.29 is 5.11 Å². The Morgan fingerprint density at radius 1 is 1.79 bits per heavy atom. The van der Waals surface area contributed by atoms with Gasteiger partial charge in [-0.3, -0.25) is 4.68 Å². The van der Waals surface area contributed by atoms with Crippen LogP contribution in [0.2, 0.25) is 5.02 Å². The highest BCUT2D eigenvalue weighted by molar-refractivity contribution is 8.00. The van der Waals surface area contributed by atoms with E-state index >= 15 is 0 Å². The number of aryl methyl sites for hydroxylation is 1. The number of aromatic nitrogens is 2. The van der Waals surface area contributed by atoms with Crippen LogP contribution >= 0.6 is 23.4 Å². The SMILES string of the molecule is CC1CC(O)(c2c(Cl)cnn2C)CS1. The van der Waals surface area contributed by atoms with E-state index in [-0.39, 0.29) is 0 Å². The van der Waals surface area contributed by atoms with E-state index in [0.29, 0.717) is 16.0 Å². The third-order valence-corrected chi connectivity index (χ3v) is 4.22. The van der Waals surface area contributed by atoms with Crippen molar-refractivity contribution in [1.29, 1.82) is 0 Å². The van der Waals surface area contributed by atoms with Crippen molar-refractivity contribution in [2.75, 3.05) is 5.75 Å². The van der Waals surface area contributed by atoms with Crippen molar-refractivity contribution >= 4 is 23.4 Å². The second kappa shape index (κ2) is 3.43. The predicted octanol–water partition coefficient (Wildman–Crippen LogP) is 1.79. The zero-order chi connectivity index (χ0) is 10.3. The second-order valence-electron chi connectivity index (χ2n) is 3.82. The van der Waals surface area contributed by atoms with Gasteiger partial charge in [0.05, 0.1) is 16.9 Å². The van der Waals surface area contributed by atoms with Crippen LogP contribution in [0.3, 0.4) is 0 Å². The third kappa shape index (κ3) is 1.55. The first-order valence-corrected chi connectivity index (χ1v) is 5.97. The summed E-state index contributed by atoms with van der Waals surface area (Å²) < 4.78 is 1.67. The largest absolute Gasteiger partial charge is 0.383 e. The highest BCUT2D eigenvalue weighted by Gasteiger charge is 2.41. The van der Waals surface area contributed by atoms with Crippen LogP contribution in [0.1, 0.15) is 19.0 Å². The van der Waals surface area contributed by atoms with Crippen molar-refractivity contribution in [2.24, 2.45) is 7.05 Å². The molecule has 78 valence electrons. The molecule has 0 aromatic carbocycles. The predicted molar refractivity (Wildman–Crippen MR) is 58.7 cm³/mol. The summed E-state index contributed by atoms with van der Waals surface area (Å²) >= 11 is 7.78. The molecule has 0 radical (unpaired) electrons. The van der Waals surface area contributed by atoms with E-state index < -0.39 is 5.60 Å². The number of rotatable bonds is 1. The Morgan fingerprint density at radius 3 is 2.93 bits per heavy atom. The fourth-order valence-corrected chi connectivity index (χ4v) is 3.52. The molecular formula is C9H13ClN2OS. The molecule has 2 unspecified atom stereocenters. The summed E-state index contributed by atoms with van der Waals surface area (Å²) in [5, 5.41) is 15.5. The number of thioether (sulfide) groups is 1. The van der Waals surface area contributed by atoms with Crippen molar-refractivity contribution in [3.05, 3.63) is 16.9 Å². The van der Waals surface area contributed by atoms with Gasteiger partial charge in [-0.2, -0.15) is 16.9 Å². The van der Waals surface area contributed by atoms with Gasteiger partial charge in [-0.15, -0.1) is 0 Å². The highest BCUT2D eigenvalue weighted by Crippen LogP contribution is 2.43. The Kier molecular flexibility index (Phi) is 2.53. The van der Waals surface area contributed by atoms with Crippen LogP contribution < -0.4 is 0 Å². The van der Waals surface area contributed by atoms with Crippen LogP contribution in [0.15, 0.2) is 6.20 Å². The second-order valence-corrected chi connectivity index (χ2v) is 5.66. The molecular weight excluding hydrogens is 220 g/mol. The molecule has 2 rings (SSSR count). The van der Waals surface area contributed by atoms with E-state index in [2.05, 4.69) is 12.0 Å². The van der Waals surface area contributed by atoms with Crippen LogP contribution in [0.5, 0.6) is 0 Å². The summed E-state index contributed by atoms with van der Waals surface area (Å²) in [6.45, 7) is 2.12. The molecule has 1 aromatic heterocycles. The first-order chi connectivity index (χ1) is 6.53. The van der Waals surface area contributed by atoms with Crippen molar-refractivity contribution in [3.63, 3.8) is 0 Å². The Hall–Kier alpha value is -0.190. The molecule has 3 nitrogen and oxygen atoms in total. The third-order valence-electron chi connectivity index (χ3n) is 2.57. The fraction of sp³-hybridized carbons (Fsp3) is 0.667. The summed E-state index contributed by atoms with van der Waals surface area (Å²) in [5.41, 5.74) is -0.0529. The molecule has 0 spiro atoms. The number of hydrogen-bond acceptors (Lipinski definition) is 3. The maximum Gasteiger partial charge on any atom is 0.118 e. The van der Waals surface area contributed by atoms with E-state index in [1.54, 1.807) is 22.6 Å². The molecule has 2 heterocycles. The van der Waals surface area contributed by atoms with Crippen LogP contribution in [0.4, 0.5) is 0 Å². The molecule has 0 aliphatic carbocycles. The molecule has 5 heteroatoms. The summed E-state index contributed by atoms with van der Waals surface area (Å²) in [6, 6.07) is 0. The van der Waals surface area contributed by atoms with Crippen molar-refractivity contribution in [1.82, 2.24) is 9.78 Å². The van der Waals surface area contributed by atoms with Crippen molar-refractivity contribution in [3.8, 4) is 0 Å².